The maximum Gasteiger partial charge on any atom is 0.343 e. The maximum atomic E-state index is 12.9. The molecule has 2 aromatic rings. The molecule has 1 unspecified atom stereocenters. The van der Waals surface area contributed by atoms with Gasteiger partial charge in [-0.1, -0.05) is 6.07 Å². The number of esters is 1. The first-order valence-electron chi connectivity index (χ1n) is 9.86. The minimum absolute atomic E-state index is 0.165. The number of rotatable bonds is 4. The molecule has 3 aliphatic rings. The summed E-state index contributed by atoms with van der Waals surface area (Å²) in [7, 11) is 6.80. The van der Waals surface area contributed by atoms with Gasteiger partial charge in [0.2, 0.25) is 12.5 Å². The van der Waals surface area contributed by atoms with Gasteiger partial charge in [-0.05, 0) is 17.7 Å². The van der Waals surface area contributed by atoms with Crippen LogP contribution in [0.2, 0.25) is 0 Å². The normalized spacial score (nSPS) is 23.5. The van der Waals surface area contributed by atoms with E-state index in [1.54, 1.807) is 14.2 Å². The van der Waals surface area contributed by atoms with Crippen LogP contribution in [0.25, 0.3) is 0 Å². The van der Waals surface area contributed by atoms with E-state index in [1.807, 2.05) is 18.2 Å². The molecule has 0 aliphatic carbocycles. The fraction of sp³-hybridized carbons (Fsp3) is 0.409. The SMILES string of the molecule is COc1ccc2c(c1OC)C(=O)O[C@H]2[C@H]1c2c(cc3c(c2OC)OCO3)CC[NH+]1C. The largest absolute Gasteiger partial charge is 0.493 e. The summed E-state index contributed by atoms with van der Waals surface area (Å²) in [5.74, 6) is 2.43. The highest BCUT2D eigenvalue weighted by Crippen LogP contribution is 2.52. The number of carbonyl (C=O) groups excluding carboxylic acids is 1. The highest BCUT2D eigenvalue weighted by molar-refractivity contribution is 5.98. The summed E-state index contributed by atoms with van der Waals surface area (Å²) >= 11 is 0. The van der Waals surface area contributed by atoms with Crippen molar-refractivity contribution < 1.29 is 38.1 Å². The highest BCUT2D eigenvalue weighted by Gasteiger charge is 2.48. The summed E-state index contributed by atoms with van der Waals surface area (Å²) in [5.41, 5.74) is 3.32. The first-order valence-corrected chi connectivity index (χ1v) is 9.86. The second kappa shape index (κ2) is 6.98. The van der Waals surface area contributed by atoms with Gasteiger partial charge in [-0.3, -0.25) is 0 Å². The van der Waals surface area contributed by atoms with Crippen molar-refractivity contribution in [2.75, 3.05) is 41.7 Å². The Labute approximate surface area is 174 Å². The van der Waals surface area contributed by atoms with Crippen molar-refractivity contribution in [1.29, 1.82) is 0 Å². The lowest BCUT2D eigenvalue weighted by Gasteiger charge is -2.35. The molecule has 0 amide bonds. The number of benzene rings is 2. The lowest BCUT2D eigenvalue weighted by molar-refractivity contribution is -0.919. The minimum Gasteiger partial charge on any atom is -0.493 e. The Balaban J connectivity index is 1.69. The Hall–Kier alpha value is -3.13. The van der Waals surface area contributed by atoms with Crippen LogP contribution in [-0.2, 0) is 11.2 Å². The third-order valence-corrected chi connectivity index (χ3v) is 6.20. The Morgan fingerprint density at radius 3 is 2.60 bits per heavy atom. The van der Waals surface area contributed by atoms with E-state index in [2.05, 4.69) is 7.05 Å². The van der Waals surface area contributed by atoms with Crippen LogP contribution in [0, 0.1) is 0 Å². The second-order valence-electron chi connectivity index (χ2n) is 7.63. The van der Waals surface area contributed by atoms with Crippen LogP contribution in [0.1, 0.15) is 39.2 Å². The number of hydrogen-bond donors (Lipinski definition) is 1. The molecule has 0 saturated heterocycles. The van der Waals surface area contributed by atoms with Crippen LogP contribution in [0.15, 0.2) is 18.2 Å². The lowest BCUT2D eigenvalue weighted by Crippen LogP contribution is -3.11. The monoisotopic (exact) mass is 414 g/mol. The van der Waals surface area contributed by atoms with Crippen LogP contribution in [0.5, 0.6) is 28.7 Å². The summed E-state index contributed by atoms with van der Waals surface area (Å²) in [4.78, 5) is 14.1. The molecular weight excluding hydrogens is 390 g/mol. The zero-order valence-corrected chi connectivity index (χ0v) is 17.4. The molecule has 3 aliphatic heterocycles. The van der Waals surface area contributed by atoms with Crippen molar-refractivity contribution in [2.24, 2.45) is 0 Å². The average molecular weight is 414 g/mol. The number of ether oxygens (including phenoxy) is 6. The fourth-order valence-corrected chi connectivity index (χ4v) is 4.85. The van der Waals surface area contributed by atoms with E-state index < -0.39 is 12.1 Å². The minimum atomic E-state index is -0.486. The van der Waals surface area contributed by atoms with Gasteiger partial charge in [-0.25, -0.2) is 4.79 Å². The third-order valence-electron chi connectivity index (χ3n) is 6.20. The molecule has 0 saturated carbocycles. The highest BCUT2D eigenvalue weighted by atomic mass is 16.7. The molecule has 3 atom stereocenters. The molecule has 0 fully saturated rings. The average Bonchev–Trinajstić information content (AvgIpc) is 3.35. The number of hydrogen-bond acceptors (Lipinski definition) is 7. The van der Waals surface area contributed by atoms with Gasteiger partial charge in [0.05, 0.1) is 40.5 Å². The van der Waals surface area contributed by atoms with E-state index in [4.69, 9.17) is 28.4 Å². The van der Waals surface area contributed by atoms with Crippen molar-refractivity contribution in [2.45, 2.75) is 18.6 Å². The van der Waals surface area contributed by atoms with Crippen molar-refractivity contribution in [1.82, 2.24) is 0 Å². The summed E-state index contributed by atoms with van der Waals surface area (Å²) < 4.78 is 33.9. The third kappa shape index (κ3) is 2.53. The van der Waals surface area contributed by atoms with Crippen molar-refractivity contribution in [3.63, 3.8) is 0 Å². The molecule has 0 aromatic heterocycles. The van der Waals surface area contributed by atoms with Gasteiger partial charge in [0.25, 0.3) is 0 Å². The molecule has 8 nitrogen and oxygen atoms in total. The first kappa shape index (κ1) is 18.9. The Morgan fingerprint density at radius 1 is 1.07 bits per heavy atom. The van der Waals surface area contributed by atoms with E-state index in [-0.39, 0.29) is 12.8 Å². The molecule has 5 rings (SSSR count). The lowest BCUT2D eigenvalue weighted by atomic mass is 9.85. The van der Waals surface area contributed by atoms with Gasteiger partial charge in [-0.2, -0.15) is 0 Å². The summed E-state index contributed by atoms with van der Waals surface area (Å²) in [6, 6.07) is 5.54. The zero-order chi connectivity index (χ0) is 21.0. The fourth-order valence-electron chi connectivity index (χ4n) is 4.85. The van der Waals surface area contributed by atoms with Crippen molar-refractivity contribution >= 4 is 5.97 Å². The van der Waals surface area contributed by atoms with E-state index in [0.29, 0.717) is 34.3 Å². The molecular formula is C22H24NO7+. The van der Waals surface area contributed by atoms with Gasteiger partial charge >= 0.3 is 5.97 Å². The van der Waals surface area contributed by atoms with E-state index in [1.165, 1.54) is 12.0 Å². The number of quaternary nitrogens is 1. The molecule has 0 radical (unpaired) electrons. The Morgan fingerprint density at radius 2 is 1.87 bits per heavy atom. The Kier molecular flexibility index (Phi) is 4.39. The summed E-state index contributed by atoms with van der Waals surface area (Å²) in [6.07, 6.45) is 0.380. The van der Waals surface area contributed by atoms with Crippen molar-refractivity contribution in [3.8, 4) is 28.7 Å². The van der Waals surface area contributed by atoms with Gasteiger partial charge < -0.3 is 33.3 Å². The smallest absolute Gasteiger partial charge is 0.343 e. The molecule has 30 heavy (non-hydrogen) atoms. The van der Waals surface area contributed by atoms with Crippen LogP contribution in [0.3, 0.4) is 0 Å². The number of fused-ring (bicyclic) bond motifs is 3. The van der Waals surface area contributed by atoms with Gasteiger partial charge in [0, 0.05) is 12.0 Å². The number of likely N-dealkylation sites (N-methyl/N-ethyl adjacent to an activating group) is 1. The Bertz CT molecular complexity index is 1030. The van der Waals surface area contributed by atoms with Crippen LogP contribution < -0.4 is 28.6 Å². The van der Waals surface area contributed by atoms with Crippen LogP contribution >= 0.6 is 0 Å². The zero-order valence-electron chi connectivity index (χ0n) is 17.4. The number of nitrogens with one attached hydrogen (secondary N) is 1. The summed E-state index contributed by atoms with van der Waals surface area (Å²) in [6.45, 7) is 1.05. The quantitative estimate of drug-likeness (QED) is 0.759. The molecule has 0 bridgehead atoms. The summed E-state index contributed by atoms with van der Waals surface area (Å²) in [5, 5.41) is 0. The van der Waals surface area contributed by atoms with Crippen molar-refractivity contribution in [3.05, 3.63) is 40.5 Å². The van der Waals surface area contributed by atoms with E-state index >= 15 is 0 Å². The number of carbonyl (C=O) groups is 1. The number of cyclic esters (lactones) is 1. The van der Waals surface area contributed by atoms with Gasteiger partial charge in [0.1, 0.15) is 5.56 Å². The van der Waals surface area contributed by atoms with Crippen LogP contribution in [-0.4, -0.2) is 47.7 Å². The van der Waals surface area contributed by atoms with E-state index in [0.717, 1.165) is 29.7 Å². The van der Waals surface area contributed by atoms with Gasteiger partial charge in [0.15, 0.2) is 35.1 Å². The van der Waals surface area contributed by atoms with Gasteiger partial charge in [-0.15, -0.1) is 0 Å². The number of methoxy groups -OCH3 is 3. The predicted octanol–water partition coefficient (Wildman–Crippen LogP) is 1.46. The molecule has 1 N–H and O–H groups in total. The molecule has 2 aromatic carbocycles. The topological polar surface area (TPSA) is 76.9 Å². The first-order chi connectivity index (χ1) is 14.6. The van der Waals surface area contributed by atoms with Crippen LogP contribution in [0.4, 0.5) is 0 Å². The standard InChI is InChI=1S/C22H23NO7/c1-23-8-7-11-9-14-20(29-10-28-14)21(27-4)15(11)17(23)18-12-5-6-13(25-2)19(26-3)16(12)22(24)30-18/h5-6,9,17-18H,7-8,10H2,1-4H3/p+1/t17-,18-/m1/s1. The predicted molar refractivity (Wildman–Crippen MR) is 105 cm³/mol. The molecule has 0 spiro atoms. The molecule has 158 valence electrons. The second-order valence-corrected chi connectivity index (χ2v) is 7.63. The van der Waals surface area contributed by atoms with E-state index in [9.17, 15) is 4.79 Å². The molecule has 3 heterocycles. The molecule has 8 heteroatoms. The maximum absolute atomic E-state index is 12.9.